The molecule has 1 heterocycles. The van der Waals surface area contributed by atoms with Crippen LogP contribution in [0.5, 0.6) is 5.75 Å². The zero-order valence-electron chi connectivity index (χ0n) is 30.2. The van der Waals surface area contributed by atoms with Gasteiger partial charge < -0.3 is 4.74 Å². The second-order valence-electron chi connectivity index (χ2n) is 23.0. The number of methoxy groups -OCH3 is 1. The summed E-state index contributed by atoms with van der Waals surface area (Å²) in [6.45, 7) is 1.30. The summed E-state index contributed by atoms with van der Waals surface area (Å²) in [6, 6.07) is 9.99. The molecule has 17 aliphatic rings. The molecule has 16 aliphatic carbocycles. The van der Waals surface area contributed by atoms with Gasteiger partial charge in [-0.3, -0.25) is 4.90 Å². The Balaban J connectivity index is 0.977. The summed E-state index contributed by atoms with van der Waals surface area (Å²) in [6.07, 6.45) is 17.2. The van der Waals surface area contributed by atoms with Crippen molar-refractivity contribution in [2.45, 2.75) is 38.1 Å². The molecule has 0 N–H and O–H groups in total. The van der Waals surface area contributed by atoms with E-state index in [1.807, 2.05) is 18.3 Å². The van der Waals surface area contributed by atoms with E-state index in [2.05, 4.69) is 71.2 Å². The molecular weight excluding hydrogens is 619 g/mol. The van der Waals surface area contributed by atoms with Crippen molar-refractivity contribution in [1.29, 1.82) is 0 Å². The SMILES string of the molecule is COc1ccc(C2C3C4=CC5CC6CC7CC8CC9=CC%10CC%11=CC3(CN2C)C2C%11C3C%10C%10C9C8C8C7C7C6C5=C5C4C2C2C5C7C8C%10C32)cc1. The van der Waals surface area contributed by atoms with Crippen molar-refractivity contribution in [2.75, 3.05) is 20.7 Å². The number of benzene rings is 1. The summed E-state index contributed by atoms with van der Waals surface area (Å²) in [5, 5.41) is 0. The van der Waals surface area contributed by atoms with Gasteiger partial charge in [0.05, 0.1) is 7.11 Å². The first-order valence-corrected chi connectivity index (χ1v) is 22.4. The molecule has 1 aliphatic heterocycles. The Bertz CT molecular complexity index is 2140. The van der Waals surface area contributed by atoms with E-state index in [4.69, 9.17) is 4.74 Å². The zero-order valence-corrected chi connectivity index (χ0v) is 30.2. The van der Waals surface area contributed by atoms with Crippen molar-refractivity contribution in [3.63, 3.8) is 0 Å². The van der Waals surface area contributed by atoms with E-state index < -0.39 is 0 Å². The third kappa shape index (κ3) is 2.17. The highest BCUT2D eigenvalue weighted by Crippen LogP contribution is 2.92. The van der Waals surface area contributed by atoms with Gasteiger partial charge in [0.25, 0.3) is 0 Å². The third-order valence-corrected chi connectivity index (χ3v) is 23.3. The predicted octanol–water partition coefficient (Wildman–Crippen LogP) is 8.32. The van der Waals surface area contributed by atoms with Gasteiger partial charge in [0.2, 0.25) is 0 Å². The predicted molar refractivity (Wildman–Crippen MR) is 192 cm³/mol. The summed E-state index contributed by atoms with van der Waals surface area (Å²) in [7, 11) is 4.38. The average Bonchev–Trinajstić information content (AvgIpc) is 3.98. The van der Waals surface area contributed by atoms with Crippen molar-refractivity contribution in [2.24, 2.45) is 153 Å². The quantitative estimate of drug-likeness (QED) is 0.294. The first-order chi connectivity index (χ1) is 25.1. The summed E-state index contributed by atoms with van der Waals surface area (Å²) in [5.41, 5.74) is 12.4. The van der Waals surface area contributed by atoms with Crippen LogP contribution in [-0.4, -0.2) is 25.6 Å². The van der Waals surface area contributed by atoms with Crippen molar-refractivity contribution < 1.29 is 4.74 Å². The van der Waals surface area contributed by atoms with Crippen LogP contribution in [0.2, 0.25) is 0 Å². The normalized spacial score (nSPS) is 68.8. The standard InChI is InChI=1S/C49H51NO/c1-50-15-49-14-23-12-21-10-18-7-17-8-20-9-19-11-22-13-25(46(49)48(50)16-3-5-24(51-2)6-4-16)33-38-29(22)28(19)35-30(20)34-26(17)27(18)36-31(21)37-32(23)47(49)45(33)44-42(37)40(36)39(34)41(35)43(38)44/h3-6,10,13-14,17,19-22,26-28,30-37,39-48H,7-9,11-12,15H2,1-2H3. The Labute approximate surface area is 302 Å². The van der Waals surface area contributed by atoms with Gasteiger partial charge in [-0.1, -0.05) is 58.2 Å². The number of allylic oxidation sites excluding steroid dienone is 6. The van der Waals surface area contributed by atoms with Crippen molar-refractivity contribution in [1.82, 2.24) is 4.90 Å². The maximum atomic E-state index is 5.73. The van der Waals surface area contributed by atoms with Gasteiger partial charge in [0, 0.05) is 29.8 Å². The first-order valence-electron chi connectivity index (χ1n) is 22.4. The van der Waals surface area contributed by atoms with Crippen LogP contribution in [0.25, 0.3) is 0 Å². The molecule has 0 radical (unpaired) electrons. The lowest BCUT2D eigenvalue weighted by Gasteiger charge is -2.62. The van der Waals surface area contributed by atoms with Crippen molar-refractivity contribution in [3.8, 4) is 5.75 Å². The van der Waals surface area contributed by atoms with Crippen LogP contribution in [0.3, 0.4) is 0 Å². The van der Waals surface area contributed by atoms with Crippen LogP contribution in [0, 0.1) is 153 Å². The lowest BCUT2D eigenvalue weighted by Crippen LogP contribution is -2.60. The second-order valence-corrected chi connectivity index (χ2v) is 23.0. The maximum absolute atomic E-state index is 5.73. The molecule has 51 heavy (non-hydrogen) atoms. The minimum Gasteiger partial charge on any atom is -0.497 e. The molecule has 1 spiro atoms. The summed E-state index contributed by atoms with van der Waals surface area (Å²) in [5.74, 6) is 26.2. The number of nitrogens with zero attached hydrogens (tertiary/aromatic N) is 1. The van der Waals surface area contributed by atoms with Crippen LogP contribution >= 0.6 is 0 Å². The average molecular weight is 670 g/mol. The van der Waals surface area contributed by atoms with Gasteiger partial charge in [0.15, 0.2) is 0 Å². The van der Waals surface area contributed by atoms with Gasteiger partial charge in [-0.2, -0.15) is 0 Å². The number of likely N-dealkylation sites (tertiary alicyclic amines) is 1. The highest BCUT2D eigenvalue weighted by atomic mass is 16.5. The molecular formula is C49H51NO. The molecule has 0 aromatic heterocycles. The van der Waals surface area contributed by atoms with E-state index in [-0.39, 0.29) is 0 Å². The molecule has 2 heteroatoms. The molecule has 27 atom stereocenters. The Hall–Kier alpha value is -2.06. The highest BCUT2D eigenvalue weighted by molar-refractivity contribution is 5.58. The van der Waals surface area contributed by atoms with E-state index in [1.165, 1.54) is 19.4 Å². The smallest absolute Gasteiger partial charge is 0.118 e. The Morgan fingerprint density at radius 2 is 1.41 bits per heavy atom. The zero-order chi connectivity index (χ0) is 32.0. The molecule has 13 fully saturated rings. The van der Waals surface area contributed by atoms with Crippen LogP contribution in [0.15, 0.2) is 70.4 Å². The monoisotopic (exact) mass is 669 g/mol. The molecule has 12 saturated carbocycles. The summed E-state index contributed by atoms with van der Waals surface area (Å²) < 4.78 is 5.73. The number of ether oxygens (including phenoxy) is 1. The second kappa shape index (κ2) is 7.34. The lowest BCUT2D eigenvalue weighted by atomic mass is 9.41. The minimum atomic E-state index is 0.336. The highest BCUT2D eigenvalue weighted by Gasteiger charge is 2.87. The fourth-order valence-electron chi connectivity index (χ4n) is 24.4. The Morgan fingerprint density at radius 1 is 0.647 bits per heavy atom. The number of hydrogen-bond acceptors (Lipinski definition) is 2. The molecule has 258 valence electrons. The van der Waals surface area contributed by atoms with Crippen molar-refractivity contribution >= 4 is 0 Å². The minimum absolute atomic E-state index is 0.336. The van der Waals surface area contributed by atoms with Gasteiger partial charge in [0.1, 0.15) is 5.75 Å². The lowest BCUT2D eigenvalue weighted by molar-refractivity contribution is -0.140. The number of hydrogen-bond donors (Lipinski definition) is 0. The van der Waals surface area contributed by atoms with E-state index in [0.29, 0.717) is 17.4 Å². The fourth-order valence-corrected chi connectivity index (χ4v) is 24.4. The molecule has 2 nitrogen and oxygen atoms in total. The van der Waals surface area contributed by atoms with Crippen molar-refractivity contribution in [3.05, 3.63) is 75.9 Å². The van der Waals surface area contributed by atoms with Gasteiger partial charge in [-0.25, -0.2) is 0 Å². The molecule has 1 aromatic rings. The van der Waals surface area contributed by atoms with Crippen LogP contribution in [0.4, 0.5) is 0 Å². The third-order valence-electron chi connectivity index (χ3n) is 23.3. The summed E-state index contributed by atoms with van der Waals surface area (Å²) >= 11 is 0. The molecule has 0 bridgehead atoms. The van der Waals surface area contributed by atoms with Crippen LogP contribution in [0.1, 0.15) is 43.7 Å². The van der Waals surface area contributed by atoms with Crippen LogP contribution in [-0.2, 0) is 0 Å². The molecule has 1 aromatic carbocycles. The largest absolute Gasteiger partial charge is 0.497 e. The van der Waals surface area contributed by atoms with Gasteiger partial charge in [-0.15, -0.1) is 0 Å². The Morgan fingerprint density at radius 3 is 2.29 bits per heavy atom. The van der Waals surface area contributed by atoms with E-state index in [0.717, 1.165) is 148 Å². The van der Waals surface area contributed by atoms with Gasteiger partial charge >= 0.3 is 0 Å². The number of fused-ring (bicyclic) bond motifs is 1. The van der Waals surface area contributed by atoms with E-state index >= 15 is 0 Å². The molecule has 0 amide bonds. The van der Waals surface area contributed by atoms with E-state index in [9.17, 15) is 0 Å². The summed E-state index contributed by atoms with van der Waals surface area (Å²) in [4.78, 5) is 2.90. The fraction of sp³-hybridized carbons (Fsp3) is 0.714. The number of rotatable bonds is 2. The molecule has 1 saturated heterocycles. The Kier molecular flexibility index (Phi) is 3.72. The van der Waals surface area contributed by atoms with Gasteiger partial charge in [-0.05, 0) is 193 Å². The van der Waals surface area contributed by atoms with E-state index in [1.54, 1.807) is 24.8 Å². The molecule has 18 rings (SSSR count). The topological polar surface area (TPSA) is 12.5 Å². The maximum Gasteiger partial charge on any atom is 0.118 e. The van der Waals surface area contributed by atoms with Crippen LogP contribution < -0.4 is 4.74 Å². The first kappa shape index (κ1) is 25.9. The molecule has 27 unspecified atom stereocenters.